The minimum absolute atomic E-state index is 0.115. The number of thiocarbonyl (C=S) groups is 1. The first-order chi connectivity index (χ1) is 7.41. The predicted molar refractivity (Wildman–Crippen MR) is 61.8 cm³/mol. The number of phenols is 1. The minimum Gasteiger partial charge on any atom is -0.507 e. The molecule has 6 heteroatoms. The zero-order valence-corrected chi connectivity index (χ0v) is 9.34. The van der Waals surface area contributed by atoms with Crippen molar-refractivity contribution in [2.45, 2.75) is 13.0 Å². The summed E-state index contributed by atoms with van der Waals surface area (Å²) in [5.41, 5.74) is 5.16. The van der Waals surface area contributed by atoms with Crippen LogP contribution in [0.1, 0.15) is 17.3 Å². The lowest BCUT2D eigenvalue weighted by molar-refractivity contribution is 0.0946. The van der Waals surface area contributed by atoms with Gasteiger partial charge in [-0.3, -0.25) is 4.79 Å². The minimum atomic E-state index is -0.627. The van der Waals surface area contributed by atoms with E-state index in [9.17, 15) is 14.3 Å². The Bertz CT molecular complexity index is 437. The fourth-order valence-corrected chi connectivity index (χ4v) is 1.09. The maximum atomic E-state index is 12.9. The molecule has 0 aliphatic carbocycles. The van der Waals surface area contributed by atoms with E-state index in [0.717, 1.165) is 18.2 Å². The van der Waals surface area contributed by atoms with Gasteiger partial charge in [-0.05, 0) is 25.1 Å². The molecule has 0 saturated heterocycles. The lowest BCUT2D eigenvalue weighted by atomic mass is 10.1. The summed E-state index contributed by atoms with van der Waals surface area (Å²) < 4.78 is 12.9. The average Bonchev–Trinajstić information content (AvgIpc) is 2.21. The van der Waals surface area contributed by atoms with Gasteiger partial charge >= 0.3 is 0 Å². The van der Waals surface area contributed by atoms with Crippen LogP contribution in [0.3, 0.4) is 0 Å². The third-order valence-corrected chi connectivity index (χ3v) is 2.33. The van der Waals surface area contributed by atoms with Gasteiger partial charge < -0.3 is 16.2 Å². The standard InChI is InChI=1S/C10H11FN2O2S/c1-5(9(12)16)13-10(15)7-4-6(11)2-3-8(7)14/h2-5,14H,1H3,(H2,12,16)(H,13,15). The van der Waals surface area contributed by atoms with Crippen molar-refractivity contribution in [2.75, 3.05) is 0 Å². The fraction of sp³-hybridized carbons (Fsp3) is 0.200. The average molecular weight is 242 g/mol. The van der Waals surface area contributed by atoms with Gasteiger partial charge in [0.1, 0.15) is 11.6 Å². The van der Waals surface area contributed by atoms with Gasteiger partial charge in [-0.15, -0.1) is 0 Å². The number of halogens is 1. The molecular weight excluding hydrogens is 231 g/mol. The lowest BCUT2D eigenvalue weighted by Gasteiger charge is -2.12. The molecule has 4 nitrogen and oxygen atoms in total. The molecule has 1 aromatic carbocycles. The summed E-state index contributed by atoms with van der Waals surface area (Å²) in [7, 11) is 0. The van der Waals surface area contributed by atoms with Crippen LogP contribution in [0.2, 0.25) is 0 Å². The summed E-state index contributed by atoms with van der Waals surface area (Å²) in [5, 5.41) is 11.8. The quantitative estimate of drug-likeness (QED) is 0.689. The van der Waals surface area contributed by atoms with Gasteiger partial charge in [0.05, 0.1) is 16.6 Å². The monoisotopic (exact) mass is 242 g/mol. The largest absolute Gasteiger partial charge is 0.507 e. The number of benzene rings is 1. The van der Waals surface area contributed by atoms with Crippen molar-refractivity contribution in [3.8, 4) is 5.75 Å². The number of rotatable bonds is 3. The number of nitrogens with one attached hydrogen (secondary N) is 1. The van der Waals surface area contributed by atoms with E-state index in [2.05, 4.69) is 17.5 Å². The molecule has 0 aliphatic heterocycles. The Hall–Kier alpha value is -1.69. The molecule has 0 fully saturated rings. The number of hydrogen-bond acceptors (Lipinski definition) is 3. The Labute approximate surface area is 97.3 Å². The maximum absolute atomic E-state index is 12.9. The molecular formula is C10H11FN2O2S. The summed E-state index contributed by atoms with van der Waals surface area (Å²) in [5.74, 6) is -1.53. The van der Waals surface area contributed by atoms with E-state index in [1.165, 1.54) is 0 Å². The number of phenolic OH excluding ortho intramolecular Hbond substituents is 1. The Balaban J connectivity index is 2.88. The number of amides is 1. The summed E-state index contributed by atoms with van der Waals surface area (Å²) in [6.07, 6.45) is 0. The Kier molecular flexibility index (Phi) is 3.78. The van der Waals surface area contributed by atoms with Gasteiger partial charge in [-0.2, -0.15) is 0 Å². The molecule has 86 valence electrons. The number of hydrogen-bond donors (Lipinski definition) is 3. The van der Waals surface area contributed by atoms with E-state index in [4.69, 9.17) is 5.73 Å². The first-order valence-corrected chi connectivity index (χ1v) is 4.91. The zero-order valence-electron chi connectivity index (χ0n) is 8.53. The van der Waals surface area contributed by atoms with Crippen molar-refractivity contribution in [3.63, 3.8) is 0 Å². The van der Waals surface area contributed by atoms with Crippen LogP contribution in [0.15, 0.2) is 18.2 Å². The molecule has 4 N–H and O–H groups in total. The number of carbonyl (C=O) groups is 1. The molecule has 16 heavy (non-hydrogen) atoms. The fourth-order valence-electron chi connectivity index (χ4n) is 1.04. The molecule has 0 aliphatic rings. The topological polar surface area (TPSA) is 75.3 Å². The lowest BCUT2D eigenvalue weighted by Crippen LogP contribution is -2.41. The molecule has 0 heterocycles. The van der Waals surface area contributed by atoms with Crippen molar-refractivity contribution in [2.24, 2.45) is 5.73 Å². The van der Waals surface area contributed by atoms with Gasteiger partial charge in [0.25, 0.3) is 5.91 Å². The second-order valence-electron chi connectivity index (χ2n) is 3.26. The molecule has 1 atom stereocenters. The molecule has 1 rings (SSSR count). The van der Waals surface area contributed by atoms with E-state index in [1.54, 1.807) is 6.92 Å². The summed E-state index contributed by atoms with van der Waals surface area (Å²) in [6.45, 7) is 1.59. The molecule has 0 radical (unpaired) electrons. The molecule has 0 aromatic heterocycles. The summed E-state index contributed by atoms with van der Waals surface area (Å²) >= 11 is 4.67. The summed E-state index contributed by atoms with van der Waals surface area (Å²) in [4.78, 5) is 11.7. The number of nitrogens with two attached hydrogens (primary N) is 1. The highest BCUT2D eigenvalue weighted by Gasteiger charge is 2.15. The molecule has 0 spiro atoms. The Morgan fingerprint density at radius 3 is 2.81 bits per heavy atom. The van der Waals surface area contributed by atoms with E-state index < -0.39 is 17.8 Å². The molecule has 0 bridgehead atoms. The van der Waals surface area contributed by atoms with Crippen molar-refractivity contribution in [3.05, 3.63) is 29.6 Å². The Morgan fingerprint density at radius 2 is 2.25 bits per heavy atom. The predicted octanol–water partition coefficient (Wildman–Crippen LogP) is 0.936. The van der Waals surface area contributed by atoms with Gasteiger partial charge in [-0.1, -0.05) is 12.2 Å². The van der Waals surface area contributed by atoms with Crippen LogP contribution in [-0.4, -0.2) is 22.0 Å². The molecule has 1 unspecified atom stereocenters. The molecule has 1 amide bonds. The van der Waals surface area contributed by atoms with E-state index in [0.29, 0.717) is 0 Å². The third kappa shape index (κ3) is 2.90. The van der Waals surface area contributed by atoms with Crippen LogP contribution in [0.25, 0.3) is 0 Å². The van der Waals surface area contributed by atoms with Crippen molar-refractivity contribution in [1.82, 2.24) is 5.32 Å². The number of aromatic hydroxyl groups is 1. The highest BCUT2D eigenvalue weighted by Crippen LogP contribution is 2.17. The first-order valence-electron chi connectivity index (χ1n) is 4.50. The third-order valence-electron chi connectivity index (χ3n) is 1.98. The smallest absolute Gasteiger partial charge is 0.255 e. The second kappa shape index (κ2) is 4.89. The highest BCUT2D eigenvalue weighted by atomic mass is 32.1. The molecule has 1 aromatic rings. The van der Waals surface area contributed by atoms with Crippen LogP contribution < -0.4 is 11.1 Å². The summed E-state index contributed by atoms with van der Waals surface area (Å²) in [6, 6.07) is 2.58. The number of carbonyl (C=O) groups excluding carboxylic acids is 1. The zero-order chi connectivity index (χ0) is 12.3. The van der Waals surface area contributed by atoms with Crippen molar-refractivity contribution >= 4 is 23.1 Å². The SMILES string of the molecule is CC(NC(=O)c1cc(F)ccc1O)C(N)=S. The van der Waals surface area contributed by atoms with Crippen molar-refractivity contribution < 1.29 is 14.3 Å². The van der Waals surface area contributed by atoms with Crippen LogP contribution in [0, 0.1) is 5.82 Å². The maximum Gasteiger partial charge on any atom is 0.255 e. The van der Waals surface area contributed by atoms with E-state index in [1.807, 2.05) is 0 Å². The molecule has 0 saturated carbocycles. The van der Waals surface area contributed by atoms with E-state index >= 15 is 0 Å². The van der Waals surface area contributed by atoms with Gasteiger partial charge in [0.15, 0.2) is 0 Å². The van der Waals surface area contributed by atoms with Crippen LogP contribution in [0.5, 0.6) is 5.75 Å². The normalized spacial score (nSPS) is 11.9. The Morgan fingerprint density at radius 1 is 1.62 bits per heavy atom. The van der Waals surface area contributed by atoms with Gasteiger partial charge in [0, 0.05) is 0 Å². The van der Waals surface area contributed by atoms with Crippen LogP contribution >= 0.6 is 12.2 Å². The van der Waals surface area contributed by atoms with Crippen LogP contribution in [0.4, 0.5) is 4.39 Å². The highest BCUT2D eigenvalue weighted by molar-refractivity contribution is 7.80. The van der Waals surface area contributed by atoms with Crippen molar-refractivity contribution in [1.29, 1.82) is 0 Å². The van der Waals surface area contributed by atoms with Gasteiger partial charge in [0.2, 0.25) is 0 Å². The van der Waals surface area contributed by atoms with E-state index in [-0.39, 0.29) is 16.3 Å². The van der Waals surface area contributed by atoms with Crippen LogP contribution in [-0.2, 0) is 0 Å². The second-order valence-corrected chi connectivity index (χ2v) is 3.73. The first kappa shape index (κ1) is 12.4. The van der Waals surface area contributed by atoms with Gasteiger partial charge in [-0.25, -0.2) is 4.39 Å².